The molecule has 0 spiro atoms. The summed E-state index contributed by atoms with van der Waals surface area (Å²) in [6.07, 6.45) is 2.56. The predicted octanol–water partition coefficient (Wildman–Crippen LogP) is 2.21. The zero-order valence-corrected chi connectivity index (χ0v) is 16.4. The largest absolute Gasteiger partial charge is 0.548 e. The molecule has 26 heavy (non-hydrogen) atoms. The molecule has 6 nitrogen and oxygen atoms in total. The van der Waals surface area contributed by atoms with Crippen molar-refractivity contribution in [1.82, 2.24) is 4.90 Å². The van der Waals surface area contributed by atoms with E-state index in [0.29, 0.717) is 35.9 Å². The van der Waals surface area contributed by atoms with Crippen LogP contribution in [0.5, 0.6) is 11.5 Å². The molecule has 0 aromatic heterocycles. The topological polar surface area (TPSA) is 78.9 Å². The number of ether oxygens (including phenoxy) is 2. The third kappa shape index (κ3) is 4.37. The van der Waals surface area contributed by atoms with Gasteiger partial charge in [-0.3, -0.25) is 9.69 Å². The summed E-state index contributed by atoms with van der Waals surface area (Å²) in [5.41, 5.74) is 0.728. The highest BCUT2D eigenvalue weighted by molar-refractivity contribution is 8.26. The van der Waals surface area contributed by atoms with Crippen LogP contribution in [0.3, 0.4) is 0 Å². The van der Waals surface area contributed by atoms with E-state index in [1.165, 1.54) is 7.11 Å². The van der Waals surface area contributed by atoms with Crippen molar-refractivity contribution in [2.24, 2.45) is 0 Å². The lowest BCUT2D eigenvalue weighted by Crippen LogP contribution is -2.49. The number of nitrogens with zero attached hydrogens (tertiary/aromatic N) is 1. The van der Waals surface area contributed by atoms with E-state index >= 15 is 0 Å². The van der Waals surface area contributed by atoms with Crippen molar-refractivity contribution in [3.05, 3.63) is 28.7 Å². The maximum atomic E-state index is 12.7. The highest BCUT2D eigenvalue weighted by atomic mass is 32.2. The van der Waals surface area contributed by atoms with E-state index < -0.39 is 17.9 Å². The Hall–Kier alpha value is -2.06. The Bertz CT molecular complexity index is 747. The third-order valence-electron chi connectivity index (χ3n) is 3.75. The zero-order valence-electron chi connectivity index (χ0n) is 14.8. The molecule has 0 N–H and O–H groups in total. The SMILES string of the molecule is CCC[C@H](C(=O)[O-])N1C(=O)/C(=C/c2ccc(OCC)c(OC)c2)SC1=S. The number of carboxylic acids is 1. The molecule has 0 aliphatic carbocycles. The molecule has 1 heterocycles. The van der Waals surface area contributed by atoms with Crippen LogP contribution in [0.15, 0.2) is 23.1 Å². The van der Waals surface area contributed by atoms with Gasteiger partial charge in [-0.25, -0.2) is 0 Å². The molecule has 1 atom stereocenters. The van der Waals surface area contributed by atoms with Gasteiger partial charge >= 0.3 is 0 Å². The van der Waals surface area contributed by atoms with E-state index in [4.69, 9.17) is 21.7 Å². The fraction of sp³-hybridized carbons (Fsp3) is 0.389. The number of rotatable bonds is 8. The number of hydrogen-bond donors (Lipinski definition) is 0. The minimum atomic E-state index is -1.30. The molecule has 1 aliphatic rings. The Kier molecular flexibility index (Phi) is 7.05. The maximum absolute atomic E-state index is 12.7. The molecule has 1 aliphatic heterocycles. The number of benzene rings is 1. The first kappa shape index (κ1) is 20.3. The van der Waals surface area contributed by atoms with Gasteiger partial charge in [-0.2, -0.15) is 0 Å². The second kappa shape index (κ2) is 9.05. The van der Waals surface area contributed by atoms with Crippen LogP contribution >= 0.6 is 24.0 Å². The Morgan fingerprint density at radius 2 is 2.12 bits per heavy atom. The highest BCUT2D eigenvalue weighted by Crippen LogP contribution is 2.36. The van der Waals surface area contributed by atoms with Gasteiger partial charge < -0.3 is 19.4 Å². The van der Waals surface area contributed by atoms with Crippen LogP contribution in [0.2, 0.25) is 0 Å². The molecule has 0 saturated carbocycles. The maximum Gasteiger partial charge on any atom is 0.266 e. The number of methoxy groups -OCH3 is 1. The number of amides is 1. The van der Waals surface area contributed by atoms with E-state index in [1.807, 2.05) is 13.8 Å². The summed E-state index contributed by atoms with van der Waals surface area (Å²) in [7, 11) is 1.54. The van der Waals surface area contributed by atoms with E-state index in [9.17, 15) is 14.7 Å². The van der Waals surface area contributed by atoms with Crippen LogP contribution in [0.4, 0.5) is 0 Å². The number of hydrogen-bond acceptors (Lipinski definition) is 7. The third-order valence-corrected chi connectivity index (χ3v) is 5.09. The Morgan fingerprint density at radius 1 is 1.38 bits per heavy atom. The average molecular weight is 394 g/mol. The number of aliphatic carboxylic acids is 1. The number of carbonyl (C=O) groups is 2. The second-order valence-electron chi connectivity index (χ2n) is 5.52. The van der Waals surface area contributed by atoms with Gasteiger partial charge in [0.05, 0.1) is 30.6 Å². The summed E-state index contributed by atoms with van der Waals surface area (Å²) >= 11 is 6.30. The van der Waals surface area contributed by atoms with Crippen molar-refractivity contribution in [1.29, 1.82) is 0 Å². The van der Waals surface area contributed by atoms with Crippen LogP contribution in [0.1, 0.15) is 32.3 Å². The molecule has 1 amide bonds. The number of carboxylic acid groups (broad SMARTS) is 1. The molecule has 8 heteroatoms. The first-order valence-electron chi connectivity index (χ1n) is 8.21. The van der Waals surface area contributed by atoms with Crippen LogP contribution in [0, 0.1) is 0 Å². The zero-order chi connectivity index (χ0) is 19.3. The Labute approximate surface area is 162 Å². The van der Waals surface area contributed by atoms with Crippen molar-refractivity contribution >= 4 is 46.3 Å². The van der Waals surface area contributed by atoms with Gasteiger partial charge in [-0.05, 0) is 37.1 Å². The first-order chi connectivity index (χ1) is 12.4. The quantitative estimate of drug-likeness (QED) is 0.494. The molecule has 2 rings (SSSR count). The van der Waals surface area contributed by atoms with Crippen molar-refractivity contribution in [3.63, 3.8) is 0 Å². The van der Waals surface area contributed by atoms with Gasteiger partial charge in [0.2, 0.25) is 0 Å². The first-order valence-corrected chi connectivity index (χ1v) is 9.44. The summed E-state index contributed by atoms with van der Waals surface area (Å²) in [4.78, 5) is 25.6. The fourth-order valence-corrected chi connectivity index (χ4v) is 3.93. The number of thiocarbonyl (C=S) groups is 1. The average Bonchev–Trinajstić information content (AvgIpc) is 2.87. The summed E-state index contributed by atoms with van der Waals surface area (Å²) < 4.78 is 11.0. The second-order valence-corrected chi connectivity index (χ2v) is 7.19. The van der Waals surface area contributed by atoms with Crippen LogP contribution < -0.4 is 14.6 Å². The minimum Gasteiger partial charge on any atom is -0.548 e. The summed E-state index contributed by atoms with van der Waals surface area (Å²) in [5.74, 6) is -0.558. The normalized spacial score (nSPS) is 16.9. The molecule has 1 aromatic rings. The molecule has 1 fully saturated rings. The van der Waals surface area contributed by atoms with Crippen LogP contribution in [-0.2, 0) is 9.59 Å². The minimum absolute atomic E-state index is 0.224. The molecule has 0 unspecified atom stereocenters. The van der Waals surface area contributed by atoms with Crippen molar-refractivity contribution in [2.45, 2.75) is 32.7 Å². The van der Waals surface area contributed by atoms with Crippen molar-refractivity contribution in [2.75, 3.05) is 13.7 Å². The van der Waals surface area contributed by atoms with E-state index in [1.54, 1.807) is 24.3 Å². The van der Waals surface area contributed by atoms with Gasteiger partial charge in [0.25, 0.3) is 5.91 Å². The lowest BCUT2D eigenvalue weighted by atomic mass is 10.1. The van der Waals surface area contributed by atoms with Gasteiger partial charge in [0.1, 0.15) is 4.32 Å². The number of carbonyl (C=O) groups excluding carboxylic acids is 2. The molecular weight excluding hydrogens is 374 g/mol. The highest BCUT2D eigenvalue weighted by Gasteiger charge is 2.37. The molecule has 0 radical (unpaired) electrons. The molecule has 1 saturated heterocycles. The fourth-order valence-electron chi connectivity index (χ4n) is 2.57. The van der Waals surface area contributed by atoms with E-state index in [0.717, 1.165) is 22.2 Å². The Morgan fingerprint density at radius 3 is 2.69 bits per heavy atom. The van der Waals surface area contributed by atoms with E-state index in [2.05, 4.69) is 0 Å². The van der Waals surface area contributed by atoms with Crippen molar-refractivity contribution < 1.29 is 24.2 Å². The van der Waals surface area contributed by atoms with Crippen LogP contribution in [0.25, 0.3) is 6.08 Å². The van der Waals surface area contributed by atoms with E-state index in [-0.39, 0.29) is 4.32 Å². The lowest BCUT2D eigenvalue weighted by molar-refractivity contribution is -0.310. The smallest absolute Gasteiger partial charge is 0.266 e. The number of thioether (sulfide) groups is 1. The molecule has 0 bridgehead atoms. The summed E-state index contributed by atoms with van der Waals surface area (Å²) in [5, 5.41) is 11.4. The van der Waals surface area contributed by atoms with Gasteiger partial charge in [-0.1, -0.05) is 43.4 Å². The van der Waals surface area contributed by atoms with Crippen LogP contribution in [-0.4, -0.2) is 40.9 Å². The molecular formula is C18H20NO5S2-. The van der Waals surface area contributed by atoms with Gasteiger partial charge in [-0.15, -0.1) is 0 Å². The summed E-state index contributed by atoms with van der Waals surface area (Å²) in [6, 6.07) is 4.26. The van der Waals surface area contributed by atoms with Crippen molar-refractivity contribution in [3.8, 4) is 11.5 Å². The standard InChI is InChI=1S/C18H21NO5S2/c1-4-6-12(17(21)22)19-16(20)15(26-18(19)25)10-11-7-8-13(24-5-2)14(9-11)23-3/h7-10,12H,4-6H2,1-3H3,(H,21,22)/p-1/b15-10-/t12-/m1/s1. The predicted molar refractivity (Wildman–Crippen MR) is 103 cm³/mol. The Balaban J connectivity index is 2.31. The van der Waals surface area contributed by atoms with Gasteiger partial charge in [0.15, 0.2) is 11.5 Å². The monoisotopic (exact) mass is 394 g/mol. The summed E-state index contributed by atoms with van der Waals surface area (Å²) in [6.45, 7) is 4.23. The molecule has 1 aromatic carbocycles. The lowest BCUT2D eigenvalue weighted by Gasteiger charge is -2.27. The molecule has 140 valence electrons. The van der Waals surface area contributed by atoms with Gasteiger partial charge in [0, 0.05) is 0 Å².